The van der Waals surface area contributed by atoms with Gasteiger partial charge in [0.15, 0.2) is 0 Å². The zero-order valence-electron chi connectivity index (χ0n) is 7.28. The fourth-order valence-corrected chi connectivity index (χ4v) is 0.612. The van der Waals surface area contributed by atoms with Gasteiger partial charge in [-0.3, -0.25) is 4.79 Å². The van der Waals surface area contributed by atoms with Crippen molar-refractivity contribution >= 4 is 5.91 Å². The van der Waals surface area contributed by atoms with E-state index >= 15 is 0 Å². The summed E-state index contributed by atoms with van der Waals surface area (Å²) in [6, 6.07) is -3.97. The molecule has 90 valence electrons. The number of hydrogen-bond donors (Lipinski definition) is 2. The number of hydrogen-bond acceptors (Lipinski definition) is 2. The molecule has 0 aliphatic carbocycles. The summed E-state index contributed by atoms with van der Waals surface area (Å²) < 4.78 is 70.9. The number of halogens is 6. The van der Waals surface area contributed by atoms with Crippen molar-refractivity contribution in [2.45, 2.75) is 31.4 Å². The normalized spacial score (nSPS) is 15.3. The fourth-order valence-electron chi connectivity index (χ4n) is 0.612. The molecule has 0 aromatic rings. The Morgan fingerprint density at radius 3 is 1.67 bits per heavy atom. The Labute approximate surface area is 80.1 Å². The molecule has 0 aliphatic heterocycles. The van der Waals surface area contributed by atoms with Crippen molar-refractivity contribution in [2.75, 3.05) is 0 Å². The van der Waals surface area contributed by atoms with Crippen LogP contribution < -0.4 is 5.32 Å². The number of alkyl halides is 6. The van der Waals surface area contributed by atoms with E-state index in [0.717, 1.165) is 6.92 Å². The molecule has 0 fully saturated rings. The second-order valence-corrected chi connectivity index (χ2v) is 2.70. The molecule has 0 bridgehead atoms. The topological polar surface area (TPSA) is 49.3 Å². The van der Waals surface area contributed by atoms with Crippen molar-refractivity contribution in [3.05, 3.63) is 0 Å². The zero-order chi connectivity index (χ0) is 12.4. The lowest BCUT2D eigenvalue weighted by molar-refractivity contribution is -0.258. The Balaban J connectivity index is 4.77. The summed E-state index contributed by atoms with van der Waals surface area (Å²) in [7, 11) is 0. The van der Waals surface area contributed by atoms with Gasteiger partial charge >= 0.3 is 12.4 Å². The van der Waals surface area contributed by atoms with Crippen LogP contribution >= 0.6 is 0 Å². The van der Waals surface area contributed by atoms with Crippen LogP contribution in [0.1, 0.15) is 6.92 Å². The molecule has 0 saturated carbocycles. The molecule has 15 heavy (non-hydrogen) atoms. The number of amides is 1. The zero-order valence-corrected chi connectivity index (χ0v) is 7.28. The van der Waals surface area contributed by atoms with Crippen molar-refractivity contribution in [1.29, 1.82) is 0 Å². The second kappa shape index (κ2) is 4.25. The summed E-state index contributed by atoms with van der Waals surface area (Å²) >= 11 is 0. The summed E-state index contributed by atoms with van der Waals surface area (Å²) in [4.78, 5) is 10.5. The van der Waals surface area contributed by atoms with Crippen LogP contribution in [-0.4, -0.2) is 35.5 Å². The van der Waals surface area contributed by atoms with E-state index in [0.29, 0.717) is 5.32 Å². The Kier molecular flexibility index (Phi) is 3.97. The number of aliphatic hydroxyl groups is 1. The van der Waals surface area contributed by atoms with Crippen LogP contribution in [0.25, 0.3) is 0 Å². The smallest absolute Gasteiger partial charge is 0.384 e. The van der Waals surface area contributed by atoms with Gasteiger partial charge in [0.2, 0.25) is 11.9 Å². The van der Waals surface area contributed by atoms with Crippen molar-refractivity contribution in [3.8, 4) is 0 Å². The molecule has 0 unspecified atom stereocenters. The highest BCUT2D eigenvalue weighted by Gasteiger charge is 2.57. The molecule has 1 atom stereocenters. The third kappa shape index (κ3) is 4.36. The fraction of sp³-hybridized carbons (Fsp3) is 0.833. The lowest BCUT2D eigenvalue weighted by Gasteiger charge is -2.24. The van der Waals surface area contributed by atoms with Crippen LogP contribution in [0.3, 0.4) is 0 Å². The number of carbonyl (C=O) groups is 1. The Morgan fingerprint density at radius 2 is 1.47 bits per heavy atom. The van der Waals surface area contributed by atoms with Gasteiger partial charge in [-0.2, -0.15) is 26.3 Å². The molecule has 9 heteroatoms. The summed E-state index contributed by atoms with van der Waals surface area (Å²) in [6.07, 6.45) is -13.2. The van der Waals surface area contributed by atoms with Crippen molar-refractivity contribution in [2.24, 2.45) is 0 Å². The Morgan fingerprint density at radius 1 is 1.13 bits per heavy atom. The molecule has 0 rings (SSSR count). The van der Waals surface area contributed by atoms with Gasteiger partial charge in [-0.25, -0.2) is 0 Å². The van der Waals surface area contributed by atoms with Crippen molar-refractivity contribution < 1.29 is 36.2 Å². The number of nitrogens with one attached hydrogen (secondary N) is 1. The van der Waals surface area contributed by atoms with E-state index < -0.39 is 30.4 Å². The van der Waals surface area contributed by atoms with E-state index in [1.54, 1.807) is 0 Å². The quantitative estimate of drug-likeness (QED) is 0.705. The number of rotatable bonds is 2. The maximum absolute atomic E-state index is 11.8. The first-order valence-corrected chi connectivity index (χ1v) is 3.58. The summed E-state index contributed by atoms with van der Waals surface area (Å²) in [5, 5.41) is 9.11. The van der Waals surface area contributed by atoms with Crippen LogP contribution in [-0.2, 0) is 4.79 Å². The molecule has 0 aromatic carbocycles. The highest BCUT2D eigenvalue weighted by molar-refractivity contribution is 5.80. The molecule has 0 aromatic heterocycles. The highest BCUT2D eigenvalue weighted by Crippen LogP contribution is 2.33. The van der Waals surface area contributed by atoms with Gasteiger partial charge in [-0.15, -0.1) is 0 Å². The first-order chi connectivity index (χ1) is 6.46. The first-order valence-electron chi connectivity index (χ1n) is 3.58. The van der Waals surface area contributed by atoms with Gasteiger partial charge < -0.3 is 10.4 Å². The van der Waals surface area contributed by atoms with Gasteiger partial charge in [0.05, 0.1) is 0 Å². The SMILES string of the molecule is C[C@H](O)C(=O)NC(C(F)(F)F)C(F)(F)F. The molecular formula is C6H7F6NO2. The van der Waals surface area contributed by atoms with Crippen LogP contribution in [0.2, 0.25) is 0 Å². The van der Waals surface area contributed by atoms with E-state index in [4.69, 9.17) is 5.11 Å². The van der Waals surface area contributed by atoms with Crippen molar-refractivity contribution in [1.82, 2.24) is 5.32 Å². The summed E-state index contributed by atoms with van der Waals surface area (Å²) in [5.41, 5.74) is 0. The summed E-state index contributed by atoms with van der Waals surface area (Å²) in [5.74, 6) is -1.74. The van der Waals surface area contributed by atoms with E-state index in [1.165, 1.54) is 0 Å². The molecule has 0 spiro atoms. The Bertz CT molecular complexity index is 219. The molecule has 0 heterocycles. The molecule has 0 saturated heterocycles. The van der Waals surface area contributed by atoms with Gasteiger partial charge in [-0.1, -0.05) is 0 Å². The van der Waals surface area contributed by atoms with Gasteiger partial charge in [0, 0.05) is 0 Å². The second-order valence-electron chi connectivity index (χ2n) is 2.70. The Hall–Kier alpha value is -0.990. The van der Waals surface area contributed by atoms with Crippen molar-refractivity contribution in [3.63, 3.8) is 0 Å². The average molecular weight is 239 g/mol. The minimum absolute atomic E-state index is 0.657. The van der Waals surface area contributed by atoms with E-state index in [1.807, 2.05) is 0 Å². The molecule has 3 nitrogen and oxygen atoms in total. The van der Waals surface area contributed by atoms with Gasteiger partial charge in [-0.05, 0) is 6.92 Å². The van der Waals surface area contributed by atoms with Gasteiger partial charge in [0.1, 0.15) is 6.10 Å². The third-order valence-corrected chi connectivity index (χ3v) is 1.32. The minimum Gasteiger partial charge on any atom is -0.384 e. The average Bonchev–Trinajstić information content (AvgIpc) is 1.94. The lowest BCUT2D eigenvalue weighted by atomic mass is 10.2. The van der Waals surface area contributed by atoms with Gasteiger partial charge in [0.25, 0.3) is 0 Å². The van der Waals surface area contributed by atoms with Crippen LogP contribution in [0.15, 0.2) is 0 Å². The van der Waals surface area contributed by atoms with E-state index in [-0.39, 0.29) is 0 Å². The third-order valence-electron chi connectivity index (χ3n) is 1.32. The number of carbonyl (C=O) groups excluding carboxylic acids is 1. The first kappa shape index (κ1) is 14.0. The van der Waals surface area contributed by atoms with Crippen LogP contribution in [0, 0.1) is 0 Å². The molecule has 0 radical (unpaired) electrons. The van der Waals surface area contributed by atoms with E-state index in [9.17, 15) is 31.1 Å². The number of aliphatic hydroxyl groups excluding tert-OH is 1. The highest BCUT2D eigenvalue weighted by atomic mass is 19.4. The largest absolute Gasteiger partial charge is 0.417 e. The minimum atomic E-state index is -5.65. The summed E-state index contributed by atoms with van der Waals surface area (Å²) in [6.45, 7) is 0.749. The standard InChI is InChI=1S/C6H7F6NO2/c1-2(14)3(15)13-4(5(7,8)9)6(10,11)12/h2,4,14H,1H3,(H,13,15)/t2-/m0/s1. The van der Waals surface area contributed by atoms with Crippen LogP contribution in [0.4, 0.5) is 26.3 Å². The molecular weight excluding hydrogens is 232 g/mol. The molecule has 2 N–H and O–H groups in total. The molecule has 0 aliphatic rings. The molecule has 1 amide bonds. The predicted molar refractivity (Wildman–Crippen MR) is 35.7 cm³/mol. The maximum atomic E-state index is 11.8. The van der Waals surface area contributed by atoms with Crippen LogP contribution in [0.5, 0.6) is 0 Å². The monoisotopic (exact) mass is 239 g/mol. The lowest BCUT2D eigenvalue weighted by Crippen LogP contribution is -2.56. The van der Waals surface area contributed by atoms with E-state index in [2.05, 4.69) is 0 Å². The maximum Gasteiger partial charge on any atom is 0.417 e. The predicted octanol–water partition coefficient (Wildman–Crippen LogP) is 0.977.